The van der Waals surface area contributed by atoms with Crippen LogP contribution in [0, 0.1) is 10.1 Å². The summed E-state index contributed by atoms with van der Waals surface area (Å²) in [4.78, 5) is 17.3. The molecule has 1 heterocycles. The van der Waals surface area contributed by atoms with E-state index in [1.54, 1.807) is 12.1 Å². The Kier molecular flexibility index (Phi) is 4.67. The van der Waals surface area contributed by atoms with Crippen molar-refractivity contribution in [3.63, 3.8) is 0 Å². The number of nitrogens with zero attached hydrogens (tertiary/aromatic N) is 3. The number of hydrogen-bond acceptors (Lipinski definition) is 6. The largest absolute Gasteiger partial charge is 0.490 e. The molecule has 0 bridgehead atoms. The van der Waals surface area contributed by atoms with Crippen LogP contribution in [-0.2, 0) is 0 Å². The molecule has 0 aliphatic heterocycles. The summed E-state index contributed by atoms with van der Waals surface area (Å²) >= 11 is 5.57. The van der Waals surface area contributed by atoms with Crippen LogP contribution in [0.25, 0.3) is 0 Å². The van der Waals surface area contributed by atoms with Gasteiger partial charge in [0, 0.05) is 0 Å². The second kappa shape index (κ2) is 6.67. The van der Waals surface area contributed by atoms with Crippen LogP contribution < -0.4 is 9.47 Å². The minimum absolute atomic E-state index is 0.100. The summed E-state index contributed by atoms with van der Waals surface area (Å²) in [7, 11) is 0. The van der Waals surface area contributed by atoms with Crippen molar-refractivity contribution in [2.24, 2.45) is 0 Å². The first-order chi connectivity index (χ1) is 9.66. The van der Waals surface area contributed by atoms with Crippen molar-refractivity contribution in [1.82, 2.24) is 9.97 Å². The van der Waals surface area contributed by atoms with Gasteiger partial charge in [0.05, 0.1) is 4.92 Å². The van der Waals surface area contributed by atoms with Crippen LogP contribution in [0.4, 0.5) is 5.69 Å². The zero-order valence-electron chi connectivity index (χ0n) is 10.2. The van der Waals surface area contributed by atoms with Crippen molar-refractivity contribution in [2.75, 3.05) is 13.2 Å². The van der Waals surface area contributed by atoms with Crippen LogP contribution in [-0.4, -0.2) is 28.1 Å². The minimum Gasteiger partial charge on any atom is -0.490 e. The average Bonchev–Trinajstić information content (AvgIpc) is 2.44. The Morgan fingerprint density at radius 1 is 1.20 bits per heavy atom. The molecule has 0 saturated carbocycles. The van der Waals surface area contributed by atoms with Gasteiger partial charge in [-0.25, -0.2) is 4.98 Å². The summed E-state index contributed by atoms with van der Waals surface area (Å²) in [5.41, 5.74) is -0.339. The van der Waals surface area contributed by atoms with Crippen molar-refractivity contribution < 1.29 is 14.4 Å². The molecular weight excluding hydrogens is 286 g/mol. The van der Waals surface area contributed by atoms with Gasteiger partial charge in [-0.1, -0.05) is 18.2 Å². The zero-order chi connectivity index (χ0) is 14.4. The van der Waals surface area contributed by atoms with E-state index < -0.39 is 4.92 Å². The highest BCUT2D eigenvalue weighted by Crippen LogP contribution is 2.24. The highest BCUT2D eigenvalue weighted by atomic mass is 35.5. The number of benzene rings is 1. The molecule has 0 spiro atoms. The second-order valence-electron chi connectivity index (χ2n) is 3.60. The van der Waals surface area contributed by atoms with Crippen LogP contribution in [0.1, 0.15) is 0 Å². The van der Waals surface area contributed by atoms with E-state index in [0.717, 1.165) is 6.20 Å². The Balaban J connectivity index is 1.91. The summed E-state index contributed by atoms with van der Waals surface area (Å²) < 4.78 is 10.6. The third kappa shape index (κ3) is 3.79. The molecule has 0 fully saturated rings. The van der Waals surface area contributed by atoms with Crippen molar-refractivity contribution in [1.29, 1.82) is 0 Å². The lowest BCUT2D eigenvalue weighted by atomic mass is 10.3. The van der Waals surface area contributed by atoms with Gasteiger partial charge in [0.2, 0.25) is 5.28 Å². The summed E-state index contributed by atoms with van der Waals surface area (Å²) in [5.74, 6) is 0.512. The van der Waals surface area contributed by atoms with Gasteiger partial charge in [-0.15, -0.1) is 0 Å². The van der Waals surface area contributed by atoms with E-state index in [1.165, 1.54) is 0 Å². The lowest BCUT2D eigenvalue weighted by Crippen LogP contribution is -2.11. The molecular formula is C12H10ClN3O4. The summed E-state index contributed by atoms with van der Waals surface area (Å²) in [6.07, 6.45) is 1.00. The quantitative estimate of drug-likeness (QED) is 0.352. The van der Waals surface area contributed by atoms with Crippen molar-refractivity contribution in [3.8, 4) is 11.6 Å². The first kappa shape index (κ1) is 14.0. The molecule has 7 nitrogen and oxygen atoms in total. The third-order valence-corrected chi connectivity index (χ3v) is 2.42. The van der Waals surface area contributed by atoms with Gasteiger partial charge >= 0.3 is 5.69 Å². The van der Waals surface area contributed by atoms with E-state index in [-0.39, 0.29) is 30.1 Å². The standard InChI is InChI=1S/C12H10ClN3O4/c13-12-14-8-10(16(17)18)11(15-12)20-7-6-19-9-4-2-1-3-5-9/h1-5,8H,6-7H2. The molecule has 0 saturated heterocycles. The van der Waals surface area contributed by atoms with E-state index in [0.29, 0.717) is 5.75 Å². The third-order valence-electron chi connectivity index (χ3n) is 2.24. The Hall–Kier alpha value is -2.41. The topological polar surface area (TPSA) is 87.4 Å². The van der Waals surface area contributed by atoms with Crippen LogP contribution >= 0.6 is 11.6 Å². The number of halogens is 1. The monoisotopic (exact) mass is 295 g/mol. The van der Waals surface area contributed by atoms with Gasteiger partial charge in [-0.2, -0.15) is 4.98 Å². The molecule has 2 aromatic rings. The number of rotatable bonds is 6. The Labute approximate surface area is 119 Å². The van der Waals surface area contributed by atoms with E-state index in [4.69, 9.17) is 21.1 Å². The predicted octanol–water partition coefficient (Wildman–Crippen LogP) is 2.50. The van der Waals surface area contributed by atoms with Crippen LogP contribution in [0.3, 0.4) is 0 Å². The normalized spacial score (nSPS) is 10.1. The van der Waals surface area contributed by atoms with E-state index in [2.05, 4.69) is 9.97 Å². The maximum atomic E-state index is 10.8. The molecule has 0 atom stereocenters. The first-order valence-corrected chi connectivity index (χ1v) is 6.02. The molecule has 20 heavy (non-hydrogen) atoms. The zero-order valence-corrected chi connectivity index (χ0v) is 11.0. The number of nitro groups is 1. The summed E-state index contributed by atoms with van der Waals surface area (Å²) in [6.45, 7) is 0.325. The lowest BCUT2D eigenvalue weighted by molar-refractivity contribution is -0.386. The van der Waals surface area contributed by atoms with Crippen LogP contribution in [0.2, 0.25) is 5.28 Å². The Morgan fingerprint density at radius 3 is 2.60 bits per heavy atom. The molecule has 2 rings (SSSR count). The predicted molar refractivity (Wildman–Crippen MR) is 71.1 cm³/mol. The van der Waals surface area contributed by atoms with E-state index >= 15 is 0 Å². The number of aromatic nitrogens is 2. The highest BCUT2D eigenvalue weighted by molar-refractivity contribution is 6.28. The first-order valence-electron chi connectivity index (χ1n) is 5.64. The molecule has 0 radical (unpaired) electrons. The fourth-order valence-corrected chi connectivity index (χ4v) is 1.51. The van der Waals surface area contributed by atoms with E-state index in [9.17, 15) is 10.1 Å². The van der Waals surface area contributed by atoms with E-state index in [1.807, 2.05) is 18.2 Å². The molecule has 0 aliphatic rings. The molecule has 0 amide bonds. The average molecular weight is 296 g/mol. The maximum Gasteiger partial charge on any atom is 0.349 e. The maximum absolute atomic E-state index is 10.8. The molecule has 8 heteroatoms. The number of para-hydroxylation sites is 1. The van der Waals surface area contributed by atoms with Crippen LogP contribution in [0.5, 0.6) is 11.6 Å². The van der Waals surface area contributed by atoms with Gasteiger partial charge < -0.3 is 9.47 Å². The molecule has 1 aromatic heterocycles. The fraction of sp³-hybridized carbons (Fsp3) is 0.167. The number of ether oxygens (including phenoxy) is 2. The second-order valence-corrected chi connectivity index (χ2v) is 3.93. The van der Waals surface area contributed by atoms with Crippen molar-refractivity contribution in [3.05, 3.63) is 51.9 Å². The van der Waals surface area contributed by atoms with Gasteiger partial charge in [0.15, 0.2) is 0 Å². The molecule has 1 aromatic carbocycles. The number of hydrogen-bond donors (Lipinski definition) is 0. The molecule has 0 aliphatic carbocycles. The smallest absolute Gasteiger partial charge is 0.349 e. The highest BCUT2D eigenvalue weighted by Gasteiger charge is 2.18. The van der Waals surface area contributed by atoms with Gasteiger partial charge in [-0.05, 0) is 23.7 Å². The van der Waals surface area contributed by atoms with Gasteiger partial charge in [0.1, 0.15) is 25.2 Å². The van der Waals surface area contributed by atoms with Crippen molar-refractivity contribution >= 4 is 17.3 Å². The lowest BCUT2D eigenvalue weighted by Gasteiger charge is -2.07. The fourth-order valence-electron chi connectivity index (χ4n) is 1.39. The Morgan fingerprint density at radius 2 is 1.90 bits per heavy atom. The molecule has 104 valence electrons. The van der Waals surface area contributed by atoms with Crippen LogP contribution in [0.15, 0.2) is 36.5 Å². The van der Waals surface area contributed by atoms with Gasteiger partial charge in [-0.3, -0.25) is 10.1 Å². The van der Waals surface area contributed by atoms with Crippen molar-refractivity contribution in [2.45, 2.75) is 0 Å². The van der Waals surface area contributed by atoms with Gasteiger partial charge in [0.25, 0.3) is 5.88 Å². The summed E-state index contributed by atoms with van der Waals surface area (Å²) in [6, 6.07) is 9.14. The summed E-state index contributed by atoms with van der Waals surface area (Å²) in [5, 5.41) is 10.6. The SMILES string of the molecule is O=[N+]([O-])c1cnc(Cl)nc1OCCOc1ccccc1. The molecule has 0 N–H and O–H groups in total. The minimum atomic E-state index is -0.635. The Bertz CT molecular complexity index is 595. The molecule has 0 unspecified atom stereocenters.